The number of carbonyl (C=O) groups excluding carboxylic acids is 1. The normalized spacial score (nSPS) is 26.2. The maximum atomic E-state index is 12.8. The molecule has 8 nitrogen and oxygen atoms in total. The molecule has 0 spiro atoms. The highest BCUT2D eigenvalue weighted by molar-refractivity contribution is 7.86. The highest BCUT2D eigenvalue weighted by Gasteiger charge is 2.34. The molecule has 134 valence electrons. The summed E-state index contributed by atoms with van der Waals surface area (Å²) in [6.07, 6.45) is 1.86. The molecule has 9 heteroatoms. The average molecular weight is 348 g/mol. The van der Waals surface area contributed by atoms with Crippen molar-refractivity contribution in [3.8, 4) is 0 Å². The maximum absolute atomic E-state index is 12.8. The minimum Gasteiger partial charge on any atom is -0.376 e. The summed E-state index contributed by atoms with van der Waals surface area (Å²) in [5.74, 6) is 0.0818. The summed E-state index contributed by atoms with van der Waals surface area (Å²) in [5.41, 5.74) is 0. The summed E-state index contributed by atoms with van der Waals surface area (Å²) < 4.78 is 29.6. The number of piperazine rings is 1. The molecule has 0 aromatic rings. The molecule has 2 rings (SSSR count). The summed E-state index contributed by atoms with van der Waals surface area (Å²) in [6.45, 7) is 7.62. The Morgan fingerprint density at radius 1 is 1.22 bits per heavy atom. The van der Waals surface area contributed by atoms with Crippen LogP contribution in [0, 0.1) is 0 Å². The van der Waals surface area contributed by atoms with Gasteiger partial charge in [0.05, 0.1) is 18.8 Å². The Labute approximate surface area is 138 Å². The fourth-order valence-electron chi connectivity index (χ4n) is 3.23. The van der Waals surface area contributed by atoms with Gasteiger partial charge in [0.1, 0.15) is 0 Å². The Morgan fingerprint density at radius 3 is 2.39 bits per heavy atom. The van der Waals surface area contributed by atoms with E-state index < -0.39 is 10.2 Å². The Kier molecular flexibility index (Phi) is 6.38. The van der Waals surface area contributed by atoms with E-state index in [-0.39, 0.29) is 31.1 Å². The van der Waals surface area contributed by atoms with Gasteiger partial charge in [-0.15, -0.1) is 0 Å². The lowest BCUT2D eigenvalue weighted by Gasteiger charge is -2.40. The second kappa shape index (κ2) is 7.89. The number of hydrogen-bond acceptors (Lipinski definition) is 5. The Hall–Kier alpha value is -0.740. The van der Waals surface area contributed by atoms with Gasteiger partial charge in [-0.1, -0.05) is 13.8 Å². The molecule has 2 heterocycles. The number of hydrogen-bond donors (Lipinski definition) is 1. The van der Waals surface area contributed by atoms with Crippen molar-refractivity contribution in [2.24, 2.45) is 5.14 Å². The van der Waals surface area contributed by atoms with E-state index in [1.165, 1.54) is 4.31 Å². The van der Waals surface area contributed by atoms with E-state index in [0.717, 1.165) is 25.9 Å². The summed E-state index contributed by atoms with van der Waals surface area (Å²) in [5, 5.41) is 5.14. The second-order valence-electron chi connectivity index (χ2n) is 6.09. The summed E-state index contributed by atoms with van der Waals surface area (Å²) >= 11 is 0. The first-order chi connectivity index (χ1) is 10.9. The van der Waals surface area contributed by atoms with Crippen molar-refractivity contribution in [1.82, 2.24) is 14.1 Å². The van der Waals surface area contributed by atoms with E-state index in [2.05, 4.69) is 11.8 Å². The van der Waals surface area contributed by atoms with Gasteiger partial charge in [0.25, 0.3) is 10.2 Å². The minimum atomic E-state index is -3.66. The van der Waals surface area contributed by atoms with E-state index in [1.807, 2.05) is 6.92 Å². The Balaban J connectivity index is 1.95. The Bertz CT molecular complexity index is 505. The van der Waals surface area contributed by atoms with Crippen LogP contribution in [0.2, 0.25) is 0 Å². The van der Waals surface area contributed by atoms with E-state index in [1.54, 1.807) is 4.90 Å². The number of amides is 1. The molecule has 2 fully saturated rings. The van der Waals surface area contributed by atoms with Gasteiger partial charge >= 0.3 is 0 Å². The minimum absolute atomic E-state index is 0.0818. The molecule has 2 N–H and O–H groups in total. The molecular weight excluding hydrogens is 320 g/mol. The predicted molar refractivity (Wildman–Crippen MR) is 86.9 cm³/mol. The topological polar surface area (TPSA) is 96.2 Å². The van der Waals surface area contributed by atoms with Crippen LogP contribution >= 0.6 is 0 Å². The molecule has 0 bridgehead atoms. The Morgan fingerprint density at radius 2 is 1.87 bits per heavy atom. The highest BCUT2D eigenvalue weighted by Crippen LogP contribution is 2.17. The lowest BCUT2D eigenvalue weighted by atomic mass is 10.1. The highest BCUT2D eigenvalue weighted by atomic mass is 32.2. The number of nitrogens with two attached hydrogens (primary N) is 1. The van der Waals surface area contributed by atoms with Crippen LogP contribution in [0.3, 0.4) is 0 Å². The zero-order chi connectivity index (χ0) is 17.0. The zero-order valence-electron chi connectivity index (χ0n) is 14.0. The van der Waals surface area contributed by atoms with E-state index in [0.29, 0.717) is 19.7 Å². The predicted octanol–water partition coefficient (Wildman–Crippen LogP) is -0.776. The van der Waals surface area contributed by atoms with Gasteiger partial charge in [-0.3, -0.25) is 9.69 Å². The van der Waals surface area contributed by atoms with Crippen molar-refractivity contribution in [1.29, 1.82) is 0 Å². The molecule has 0 unspecified atom stereocenters. The van der Waals surface area contributed by atoms with Crippen molar-refractivity contribution in [2.75, 3.05) is 45.9 Å². The lowest BCUT2D eigenvalue weighted by Crippen LogP contribution is -2.58. The molecule has 2 saturated heterocycles. The van der Waals surface area contributed by atoms with Crippen LogP contribution in [0.1, 0.15) is 26.7 Å². The average Bonchev–Trinajstić information content (AvgIpc) is 2.55. The zero-order valence-corrected chi connectivity index (χ0v) is 14.8. The van der Waals surface area contributed by atoms with Gasteiger partial charge in [-0.05, 0) is 12.8 Å². The van der Waals surface area contributed by atoms with E-state index >= 15 is 0 Å². The van der Waals surface area contributed by atoms with Crippen LogP contribution in [-0.4, -0.2) is 86.5 Å². The maximum Gasteiger partial charge on any atom is 0.277 e. The SMILES string of the molecule is CC[C@H]1CN([C@H](CC)C(=O)N2CCN(S(N)(=O)=O)CC2)CCO1. The van der Waals surface area contributed by atoms with Crippen LogP contribution in [0.15, 0.2) is 0 Å². The van der Waals surface area contributed by atoms with Crippen LogP contribution in [0.5, 0.6) is 0 Å². The van der Waals surface area contributed by atoms with Gasteiger partial charge in [0, 0.05) is 39.3 Å². The number of morpholine rings is 1. The quantitative estimate of drug-likeness (QED) is 0.703. The summed E-state index contributed by atoms with van der Waals surface area (Å²) in [7, 11) is -3.66. The second-order valence-corrected chi connectivity index (χ2v) is 7.64. The van der Waals surface area contributed by atoms with Crippen molar-refractivity contribution >= 4 is 16.1 Å². The standard InChI is InChI=1S/C14H28N4O4S/c1-3-12-11-17(9-10-22-12)13(4-2)14(19)16-5-7-18(8-6-16)23(15,20)21/h12-13H,3-11H2,1-2H3,(H2,15,20,21)/t12-,13+/m0/s1. The van der Waals surface area contributed by atoms with Gasteiger partial charge in [0.2, 0.25) is 5.91 Å². The van der Waals surface area contributed by atoms with Crippen molar-refractivity contribution < 1.29 is 17.9 Å². The summed E-state index contributed by atoms with van der Waals surface area (Å²) in [4.78, 5) is 16.8. The van der Waals surface area contributed by atoms with Crippen LogP contribution in [0.4, 0.5) is 0 Å². The number of rotatable bonds is 5. The molecule has 0 aromatic heterocycles. The van der Waals surface area contributed by atoms with Crippen molar-refractivity contribution in [2.45, 2.75) is 38.8 Å². The molecule has 0 aliphatic carbocycles. The summed E-state index contributed by atoms with van der Waals surface area (Å²) in [6, 6.07) is -0.158. The fraction of sp³-hybridized carbons (Fsp3) is 0.929. The van der Waals surface area contributed by atoms with Gasteiger partial charge in [-0.2, -0.15) is 12.7 Å². The van der Waals surface area contributed by atoms with Crippen molar-refractivity contribution in [3.63, 3.8) is 0 Å². The van der Waals surface area contributed by atoms with Gasteiger partial charge in [0.15, 0.2) is 0 Å². The van der Waals surface area contributed by atoms with Crippen LogP contribution < -0.4 is 5.14 Å². The first kappa shape index (κ1) is 18.6. The third kappa shape index (κ3) is 4.63. The monoisotopic (exact) mass is 348 g/mol. The molecule has 2 aliphatic rings. The third-order valence-electron chi connectivity index (χ3n) is 4.65. The molecule has 2 atom stereocenters. The van der Waals surface area contributed by atoms with Crippen LogP contribution in [-0.2, 0) is 19.7 Å². The molecule has 1 amide bonds. The number of nitrogens with zero attached hydrogens (tertiary/aromatic N) is 3. The molecule has 23 heavy (non-hydrogen) atoms. The number of ether oxygens (including phenoxy) is 1. The van der Waals surface area contributed by atoms with Crippen LogP contribution in [0.25, 0.3) is 0 Å². The van der Waals surface area contributed by atoms with Crippen molar-refractivity contribution in [3.05, 3.63) is 0 Å². The van der Waals surface area contributed by atoms with Gasteiger partial charge < -0.3 is 9.64 Å². The third-order valence-corrected chi connectivity index (χ3v) is 5.73. The first-order valence-corrected chi connectivity index (χ1v) is 9.79. The fourth-order valence-corrected chi connectivity index (χ4v) is 3.91. The van der Waals surface area contributed by atoms with E-state index in [9.17, 15) is 13.2 Å². The first-order valence-electron chi connectivity index (χ1n) is 8.29. The molecule has 0 aromatic carbocycles. The van der Waals surface area contributed by atoms with Gasteiger partial charge in [-0.25, -0.2) is 5.14 Å². The largest absolute Gasteiger partial charge is 0.376 e. The molecule has 0 saturated carbocycles. The lowest BCUT2D eigenvalue weighted by molar-refractivity contribution is -0.141. The number of carbonyl (C=O) groups is 1. The smallest absolute Gasteiger partial charge is 0.277 e. The molecular formula is C14H28N4O4S. The molecule has 2 aliphatic heterocycles. The van der Waals surface area contributed by atoms with E-state index in [4.69, 9.17) is 9.88 Å². The molecule has 0 radical (unpaired) electrons.